The van der Waals surface area contributed by atoms with Gasteiger partial charge in [-0.15, -0.1) is 11.3 Å². The summed E-state index contributed by atoms with van der Waals surface area (Å²) >= 11 is 1.20. The fourth-order valence-corrected chi connectivity index (χ4v) is 2.76. The molecule has 0 fully saturated rings. The van der Waals surface area contributed by atoms with Crippen LogP contribution in [0.1, 0.15) is 13.8 Å². The summed E-state index contributed by atoms with van der Waals surface area (Å²) < 4.78 is 28.6. The van der Waals surface area contributed by atoms with Crippen molar-refractivity contribution in [3.63, 3.8) is 0 Å². The first-order valence-corrected chi connectivity index (χ1v) is 8.98. The van der Waals surface area contributed by atoms with Gasteiger partial charge in [0.1, 0.15) is 5.75 Å². The second-order valence-corrected chi connectivity index (χ2v) is 6.83. The summed E-state index contributed by atoms with van der Waals surface area (Å²) in [6, 6.07) is 5.32. The van der Waals surface area contributed by atoms with E-state index in [4.69, 9.17) is 5.73 Å². The summed E-state index contributed by atoms with van der Waals surface area (Å²) in [4.78, 5) is 27.9. The smallest absolute Gasteiger partial charge is 0.387 e. The number of thiazole rings is 1. The van der Waals surface area contributed by atoms with Crippen LogP contribution in [0.2, 0.25) is 0 Å². The molecule has 27 heavy (non-hydrogen) atoms. The number of rotatable bonds is 8. The Labute approximate surface area is 158 Å². The summed E-state index contributed by atoms with van der Waals surface area (Å²) in [7, 11) is 0. The molecule has 146 valence electrons. The molecule has 0 radical (unpaired) electrons. The number of carbonyl (C=O) groups excluding carboxylic acids is 2. The summed E-state index contributed by atoms with van der Waals surface area (Å²) in [5.41, 5.74) is 6.96. The Hall–Kier alpha value is -2.59. The van der Waals surface area contributed by atoms with Gasteiger partial charge in [0.15, 0.2) is 5.13 Å². The van der Waals surface area contributed by atoms with E-state index in [2.05, 4.69) is 20.4 Å². The van der Waals surface area contributed by atoms with Crippen LogP contribution < -0.4 is 21.1 Å². The van der Waals surface area contributed by atoms with Gasteiger partial charge in [-0.05, 0) is 30.2 Å². The first kappa shape index (κ1) is 20.7. The molecule has 0 aliphatic heterocycles. The van der Waals surface area contributed by atoms with E-state index in [0.717, 1.165) is 0 Å². The first-order chi connectivity index (χ1) is 12.8. The predicted octanol–water partition coefficient (Wildman–Crippen LogP) is 2.45. The van der Waals surface area contributed by atoms with Crippen molar-refractivity contribution in [3.05, 3.63) is 29.6 Å². The number of anilines is 1. The van der Waals surface area contributed by atoms with Gasteiger partial charge >= 0.3 is 6.61 Å². The number of ether oxygens (including phenoxy) is 1. The van der Waals surface area contributed by atoms with Crippen molar-refractivity contribution < 1.29 is 23.1 Å². The van der Waals surface area contributed by atoms with Crippen molar-refractivity contribution in [2.24, 2.45) is 11.7 Å². The molecule has 0 unspecified atom stereocenters. The molecule has 0 saturated heterocycles. The van der Waals surface area contributed by atoms with E-state index in [-0.39, 0.29) is 18.2 Å². The molecule has 0 saturated carbocycles. The van der Waals surface area contributed by atoms with Crippen LogP contribution in [-0.2, 0) is 9.59 Å². The maximum Gasteiger partial charge on any atom is 0.387 e. The highest BCUT2D eigenvalue weighted by atomic mass is 32.1. The van der Waals surface area contributed by atoms with Gasteiger partial charge in [0, 0.05) is 10.9 Å². The van der Waals surface area contributed by atoms with Crippen LogP contribution in [0, 0.1) is 5.92 Å². The number of alkyl halides is 2. The Kier molecular flexibility index (Phi) is 7.19. The van der Waals surface area contributed by atoms with Gasteiger partial charge in [-0.25, -0.2) is 4.98 Å². The Morgan fingerprint density at radius 1 is 1.26 bits per heavy atom. The topological polar surface area (TPSA) is 106 Å². The van der Waals surface area contributed by atoms with E-state index in [0.29, 0.717) is 16.4 Å². The van der Waals surface area contributed by atoms with E-state index < -0.39 is 24.5 Å². The highest BCUT2D eigenvalue weighted by molar-refractivity contribution is 7.14. The number of benzene rings is 1. The molecule has 1 atom stereocenters. The normalized spacial score (nSPS) is 12.1. The van der Waals surface area contributed by atoms with E-state index in [1.165, 1.54) is 23.5 Å². The molecule has 1 aromatic heterocycles. The zero-order valence-corrected chi connectivity index (χ0v) is 15.6. The van der Waals surface area contributed by atoms with Gasteiger partial charge in [0.2, 0.25) is 11.8 Å². The van der Waals surface area contributed by atoms with E-state index >= 15 is 0 Å². The zero-order valence-electron chi connectivity index (χ0n) is 14.7. The van der Waals surface area contributed by atoms with Crippen LogP contribution in [-0.4, -0.2) is 36.0 Å². The lowest BCUT2D eigenvalue weighted by Gasteiger charge is -2.14. The highest BCUT2D eigenvalue weighted by Crippen LogP contribution is 2.26. The largest absolute Gasteiger partial charge is 0.435 e. The molecule has 7 nitrogen and oxygen atoms in total. The minimum Gasteiger partial charge on any atom is -0.435 e. The van der Waals surface area contributed by atoms with Crippen molar-refractivity contribution in [1.82, 2.24) is 10.3 Å². The molecule has 0 aliphatic rings. The van der Waals surface area contributed by atoms with Crippen LogP contribution in [0.5, 0.6) is 5.75 Å². The SMILES string of the molecule is CC(C)[C@H](N)C(=O)NCC(=O)Nc1nc(-c2ccc(OC(F)F)cc2)cs1. The molecule has 10 heteroatoms. The van der Waals surface area contributed by atoms with Gasteiger partial charge in [-0.2, -0.15) is 8.78 Å². The quantitative estimate of drug-likeness (QED) is 0.633. The average molecular weight is 398 g/mol. The van der Waals surface area contributed by atoms with Crippen molar-refractivity contribution in [2.75, 3.05) is 11.9 Å². The van der Waals surface area contributed by atoms with Crippen LogP contribution in [0.4, 0.5) is 13.9 Å². The lowest BCUT2D eigenvalue weighted by molar-refractivity contribution is -0.125. The van der Waals surface area contributed by atoms with Gasteiger partial charge in [0.05, 0.1) is 18.3 Å². The number of nitrogens with one attached hydrogen (secondary N) is 2. The second kappa shape index (κ2) is 9.38. The Morgan fingerprint density at radius 2 is 1.93 bits per heavy atom. The van der Waals surface area contributed by atoms with Gasteiger partial charge < -0.3 is 21.1 Å². The fourth-order valence-electron chi connectivity index (χ4n) is 2.02. The highest BCUT2D eigenvalue weighted by Gasteiger charge is 2.18. The molecule has 0 spiro atoms. The number of amides is 2. The molecular formula is C17H20F2N4O3S. The fraction of sp³-hybridized carbons (Fsp3) is 0.353. The average Bonchev–Trinajstić information content (AvgIpc) is 3.07. The van der Waals surface area contributed by atoms with Crippen LogP contribution in [0.15, 0.2) is 29.6 Å². The molecule has 1 heterocycles. The minimum atomic E-state index is -2.88. The van der Waals surface area contributed by atoms with Crippen molar-refractivity contribution in [1.29, 1.82) is 0 Å². The molecule has 2 aromatic rings. The maximum absolute atomic E-state index is 12.2. The Balaban J connectivity index is 1.90. The summed E-state index contributed by atoms with van der Waals surface area (Å²) in [6.07, 6.45) is 0. The molecule has 4 N–H and O–H groups in total. The van der Waals surface area contributed by atoms with Crippen molar-refractivity contribution in [2.45, 2.75) is 26.5 Å². The third kappa shape index (κ3) is 6.26. The van der Waals surface area contributed by atoms with Crippen LogP contribution in [0.3, 0.4) is 0 Å². The number of halogens is 2. The third-order valence-corrected chi connectivity index (χ3v) is 4.33. The number of nitrogens with zero attached hydrogens (tertiary/aromatic N) is 1. The lowest BCUT2D eigenvalue weighted by atomic mass is 10.1. The maximum atomic E-state index is 12.2. The van der Waals surface area contributed by atoms with Crippen LogP contribution >= 0.6 is 11.3 Å². The van der Waals surface area contributed by atoms with Crippen LogP contribution in [0.25, 0.3) is 11.3 Å². The van der Waals surface area contributed by atoms with Gasteiger partial charge in [-0.1, -0.05) is 13.8 Å². The van der Waals surface area contributed by atoms with E-state index in [1.807, 2.05) is 13.8 Å². The molecular weight excluding hydrogens is 378 g/mol. The molecule has 0 aliphatic carbocycles. The number of hydrogen-bond acceptors (Lipinski definition) is 6. The van der Waals surface area contributed by atoms with E-state index in [1.54, 1.807) is 17.5 Å². The molecule has 2 rings (SSSR count). The number of hydrogen-bond donors (Lipinski definition) is 3. The van der Waals surface area contributed by atoms with Gasteiger partial charge in [0.25, 0.3) is 0 Å². The molecule has 0 bridgehead atoms. The second-order valence-electron chi connectivity index (χ2n) is 5.98. The monoisotopic (exact) mass is 398 g/mol. The number of nitrogens with two attached hydrogens (primary N) is 1. The summed E-state index contributed by atoms with van der Waals surface area (Å²) in [5, 5.41) is 7.12. The van der Waals surface area contributed by atoms with Crippen molar-refractivity contribution >= 4 is 28.3 Å². The lowest BCUT2D eigenvalue weighted by Crippen LogP contribution is -2.46. The minimum absolute atomic E-state index is 0.0351. The van der Waals surface area contributed by atoms with Crippen molar-refractivity contribution in [3.8, 4) is 17.0 Å². The Morgan fingerprint density at radius 3 is 2.52 bits per heavy atom. The summed E-state index contributed by atoms with van der Waals surface area (Å²) in [5.74, 6) is -0.813. The Bertz CT molecular complexity index is 781. The third-order valence-electron chi connectivity index (χ3n) is 3.57. The first-order valence-electron chi connectivity index (χ1n) is 8.10. The van der Waals surface area contributed by atoms with E-state index in [9.17, 15) is 18.4 Å². The number of carbonyl (C=O) groups is 2. The summed E-state index contributed by atoms with van der Waals surface area (Å²) in [6.45, 7) is 0.530. The standard InChI is InChI=1S/C17H20F2N4O3S/c1-9(2)14(20)15(25)21-7-13(24)23-17-22-12(8-27-17)10-3-5-11(6-4-10)26-16(18)19/h3-6,8-9,14,16H,7,20H2,1-2H3,(H,21,25)(H,22,23,24)/t14-/m0/s1. The number of aromatic nitrogens is 1. The zero-order chi connectivity index (χ0) is 20.0. The molecule has 2 amide bonds. The van der Waals surface area contributed by atoms with Gasteiger partial charge in [-0.3, -0.25) is 9.59 Å². The molecule has 1 aromatic carbocycles. The predicted molar refractivity (Wildman–Crippen MR) is 98.6 cm³/mol.